The normalized spacial score (nSPS) is 25.8. The lowest BCUT2D eigenvalue weighted by Crippen LogP contribution is -2.16. The van der Waals surface area contributed by atoms with Crippen molar-refractivity contribution in [1.29, 1.82) is 0 Å². The van der Waals surface area contributed by atoms with Gasteiger partial charge in [0.2, 0.25) is 0 Å². The second-order valence-electron chi connectivity index (χ2n) is 2.75. The van der Waals surface area contributed by atoms with E-state index < -0.39 is 0 Å². The highest BCUT2D eigenvalue weighted by Crippen LogP contribution is 2.18. The quantitative estimate of drug-likeness (QED) is 0.546. The van der Waals surface area contributed by atoms with E-state index >= 15 is 0 Å². The van der Waals surface area contributed by atoms with Crippen LogP contribution in [0.1, 0.15) is 26.2 Å². The van der Waals surface area contributed by atoms with Gasteiger partial charge in [0, 0.05) is 13.0 Å². The fourth-order valence-electron chi connectivity index (χ4n) is 1.28. The van der Waals surface area contributed by atoms with E-state index in [2.05, 4.69) is 11.9 Å². The Morgan fingerprint density at radius 2 is 2.50 bits per heavy atom. The summed E-state index contributed by atoms with van der Waals surface area (Å²) < 4.78 is 5.07. The van der Waals surface area contributed by atoms with Crippen LogP contribution in [-0.4, -0.2) is 19.6 Å². The molecule has 0 N–H and O–H groups in total. The monoisotopic (exact) mass is 141 g/mol. The van der Waals surface area contributed by atoms with E-state index in [4.69, 9.17) is 4.74 Å². The summed E-state index contributed by atoms with van der Waals surface area (Å²) in [6, 6.07) is 0. The van der Waals surface area contributed by atoms with Gasteiger partial charge < -0.3 is 4.74 Å². The number of hydrogen-bond donors (Lipinski definition) is 0. The molecule has 0 bridgehead atoms. The van der Waals surface area contributed by atoms with Crippen molar-refractivity contribution in [2.45, 2.75) is 26.2 Å². The van der Waals surface area contributed by atoms with Crippen LogP contribution in [0.15, 0.2) is 4.99 Å². The molecule has 58 valence electrons. The van der Waals surface area contributed by atoms with Crippen molar-refractivity contribution in [1.82, 2.24) is 0 Å². The van der Waals surface area contributed by atoms with Crippen LogP contribution < -0.4 is 0 Å². The number of ether oxygens (including phenoxy) is 1. The lowest BCUT2D eigenvalue weighted by atomic mass is 9.96. The summed E-state index contributed by atoms with van der Waals surface area (Å²) in [5.41, 5.74) is 0. The van der Waals surface area contributed by atoms with Crippen LogP contribution in [0.25, 0.3) is 0 Å². The molecule has 0 saturated carbocycles. The summed E-state index contributed by atoms with van der Waals surface area (Å²) in [4.78, 5) is 4.24. The summed E-state index contributed by atoms with van der Waals surface area (Å²) >= 11 is 0. The van der Waals surface area contributed by atoms with E-state index in [1.54, 1.807) is 7.11 Å². The summed E-state index contributed by atoms with van der Waals surface area (Å²) in [6.45, 7) is 3.19. The maximum atomic E-state index is 5.07. The zero-order chi connectivity index (χ0) is 7.40. The molecule has 0 aromatic rings. The minimum absolute atomic E-state index is 0.812. The number of methoxy groups -OCH3 is 1. The van der Waals surface area contributed by atoms with Crippen molar-refractivity contribution < 1.29 is 4.74 Å². The van der Waals surface area contributed by atoms with Gasteiger partial charge >= 0.3 is 0 Å². The van der Waals surface area contributed by atoms with E-state index in [0.29, 0.717) is 0 Å². The predicted octanol–water partition coefficient (Wildman–Crippen LogP) is 1.85. The van der Waals surface area contributed by atoms with Gasteiger partial charge in [0.05, 0.1) is 7.11 Å². The van der Waals surface area contributed by atoms with Crippen LogP contribution in [0.2, 0.25) is 0 Å². The van der Waals surface area contributed by atoms with Crippen molar-refractivity contribution in [2.24, 2.45) is 10.9 Å². The molecular weight excluding hydrogens is 126 g/mol. The van der Waals surface area contributed by atoms with Crippen LogP contribution in [0, 0.1) is 5.92 Å². The summed E-state index contributed by atoms with van der Waals surface area (Å²) in [5.74, 6) is 1.76. The highest BCUT2D eigenvalue weighted by molar-refractivity contribution is 5.76. The summed E-state index contributed by atoms with van der Waals surface area (Å²) in [5, 5.41) is 0. The molecule has 0 aromatic heterocycles. The topological polar surface area (TPSA) is 21.6 Å². The van der Waals surface area contributed by atoms with Crippen LogP contribution in [-0.2, 0) is 4.74 Å². The Morgan fingerprint density at radius 1 is 1.70 bits per heavy atom. The van der Waals surface area contributed by atoms with Gasteiger partial charge in [0.25, 0.3) is 0 Å². The minimum atomic E-state index is 0.812. The van der Waals surface area contributed by atoms with Gasteiger partial charge in [0.1, 0.15) is 0 Å². The molecule has 1 heterocycles. The Balaban J connectivity index is 2.40. The Labute approximate surface area is 62.3 Å². The van der Waals surface area contributed by atoms with E-state index in [-0.39, 0.29) is 0 Å². The van der Waals surface area contributed by atoms with Gasteiger partial charge in [0.15, 0.2) is 5.90 Å². The molecule has 0 aromatic carbocycles. The number of aliphatic imine (C=N–C) groups is 1. The Kier molecular flexibility index (Phi) is 2.72. The van der Waals surface area contributed by atoms with Crippen LogP contribution in [0.3, 0.4) is 0 Å². The fraction of sp³-hybridized carbons (Fsp3) is 0.875. The standard InChI is InChI=1S/C8H15NO/c1-3-7-4-5-9-8(6-7)10-2/h7H,3-6H2,1-2H3. The molecule has 1 aliphatic heterocycles. The number of rotatable bonds is 1. The van der Waals surface area contributed by atoms with Crippen LogP contribution in [0.5, 0.6) is 0 Å². The molecule has 2 nitrogen and oxygen atoms in total. The third-order valence-electron chi connectivity index (χ3n) is 2.10. The molecule has 0 fully saturated rings. The molecule has 0 amide bonds. The molecule has 2 heteroatoms. The van der Waals surface area contributed by atoms with Crippen molar-refractivity contribution in [3.63, 3.8) is 0 Å². The summed E-state index contributed by atoms with van der Waals surface area (Å²) in [7, 11) is 1.71. The first-order valence-electron chi connectivity index (χ1n) is 3.94. The van der Waals surface area contributed by atoms with Gasteiger partial charge in [-0.25, -0.2) is 0 Å². The molecule has 0 radical (unpaired) electrons. The molecule has 1 atom stereocenters. The molecule has 0 spiro atoms. The Morgan fingerprint density at radius 3 is 3.10 bits per heavy atom. The molecule has 0 saturated heterocycles. The van der Waals surface area contributed by atoms with E-state index in [9.17, 15) is 0 Å². The first kappa shape index (κ1) is 7.58. The molecular formula is C8H15NO. The zero-order valence-corrected chi connectivity index (χ0v) is 6.76. The van der Waals surface area contributed by atoms with Crippen LogP contribution in [0.4, 0.5) is 0 Å². The third-order valence-corrected chi connectivity index (χ3v) is 2.10. The molecule has 0 aliphatic carbocycles. The first-order chi connectivity index (χ1) is 4.86. The van der Waals surface area contributed by atoms with Crippen molar-refractivity contribution in [3.8, 4) is 0 Å². The first-order valence-corrected chi connectivity index (χ1v) is 3.94. The van der Waals surface area contributed by atoms with Crippen molar-refractivity contribution in [2.75, 3.05) is 13.7 Å². The van der Waals surface area contributed by atoms with Gasteiger partial charge in [-0.3, -0.25) is 4.99 Å². The minimum Gasteiger partial charge on any atom is -0.484 e. The Hall–Kier alpha value is -0.530. The molecule has 1 aliphatic rings. The largest absolute Gasteiger partial charge is 0.484 e. The second-order valence-corrected chi connectivity index (χ2v) is 2.75. The fourth-order valence-corrected chi connectivity index (χ4v) is 1.28. The van der Waals surface area contributed by atoms with Gasteiger partial charge in [-0.05, 0) is 12.3 Å². The lowest BCUT2D eigenvalue weighted by molar-refractivity contribution is 0.348. The maximum Gasteiger partial charge on any atom is 0.183 e. The third kappa shape index (κ3) is 1.72. The zero-order valence-electron chi connectivity index (χ0n) is 6.76. The smallest absolute Gasteiger partial charge is 0.183 e. The van der Waals surface area contributed by atoms with E-state index in [0.717, 1.165) is 24.8 Å². The summed E-state index contributed by atoms with van der Waals surface area (Å²) in [6.07, 6.45) is 3.54. The molecule has 10 heavy (non-hydrogen) atoms. The lowest BCUT2D eigenvalue weighted by Gasteiger charge is -2.18. The van der Waals surface area contributed by atoms with Gasteiger partial charge in [-0.15, -0.1) is 0 Å². The number of nitrogens with zero attached hydrogens (tertiary/aromatic N) is 1. The van der Waals surface area contributed by atoms with Gasteiger partial charge in [-0.1, -0.05) is 13.3 Å². The average molecular weight is 141 g/mol. The Bertz CT molecular complexity index is 131. The van der Waals surface area contributed by atoms with E-state index in [1.165, 1.54) is 12.8 Å². The average Bonchev–Trinajstić information content (AvgIpc) is 2.05. The molecule has 1 unspecified atom stereocenters. The second kappa shape index (κ2) is 3.59. The maximum absolute atomic E-state index is 5.07. The van der Waals surface area contributed by atoms with Crippen molar-refractivity contribution >= 4 is 5.90 Å². The number of hydrogen-bond acceptors (Lipinski definition) is 2. The van der Waals surface area contributed by atoms with Crippen molar-refractivity contribution in [3.05, 3.63) is 0 Å². The van der Waals surface area contributed by atoms with Gasteiger partial charge in [-0.2, -0.15) is 0 Å². The predicted molar refractivity (Wildman–Crippen MR) is 42.3 cm³/mol. The SMILES string of the molecule is CCC1CCN=C(OC)C1. The van der Waals surface area contributed by atoms with Crippen LogP contribution >= 0.6 is 0 Å². The van der Waals surface area contributed by atoms with E-state index in [1.807, 2.05) is 0 Å². The highest BCUT2D eigenvalue weighted by Gasteiger charge is 2.14. The highest BCUT2D eigenvalue weighted by atomic mass is 16.5. The molecule has 1 rings (SSSR count).